The summed E-state index contributed by atoms with van der Waals surface area (Å²) >= 11 is 0. The normalized spacial score (nSPS) is 26.5. The van der Waals surface area contributed by atoms with Gasteiger partial charge in [0.1, 0.15) is 0 Å². The molecule has 3 rings (SSSR count). The predicted octanol–water partition coefficient (Wildman–Crippen LogP) is 1.12. The Morgan fingerprint density at radius 1 is 1.24 bits per heavy atom. The van der Waals surface area contributed by atoms with Gasteiger partial charge in [0.25, 0.3) is 0 Å². The Hall–Kier alpha value is -0.940. The van der Waals surface area contributed by atoms with Gasteiger partial charge < -0.3 is 14.6 Å². The first-order valence-electron chi connectivity index (χ1n) is 6.53. The number of nitrogens with one attached hydrogen (secondary N) is 1. The second kappa shape index (κ2) is 5.14. The highest BCUT2D eigenvalue weighted by atomic mass is 16.5. The van der Waals surface area contributed by atoms with E-state index in [4.69, 9.17) is 9.26 Å². The van der Waals surface area contributed by atoms with E-state index in [0.29, 0.717) is 11.8 Å². The molecule has 1 N–H and O–H groups in total. The SMILES string of the molecule is C1C[C@H](Cc2noc(C3CCOCC3)n2)CN1. The number of aromatic nitrogens is 2. The van der Waals surface area contributed by atoms with Crippen LogP contribution in [0.15, 0.2) is 4.52 Å². The van der Waals surface area contributed by atoms with Gasteiger partial charge in [-0.1, -0.05) is 5.16 Å². The summed E-state index contributed by atoms with van der Waals surface area (Å²) in [5.41, 5.74) is 0. The maximum atomic E-state index is 5.38. The van der Waals surface area contributed by atoms with Crippen LogP contribution in [0.1, 0.15) is 36.9 Å². The molecule has 0 saturated carbocycles. The smallest absolute Gasteiger partial charge is 0.229 e. The van der Waals surface area contributed by atoms with E-state index in [-0.39, 0.29) is 0 Å². The van der Waals surface area contributed by atoms with E-state index in [2.05, 4.69) is 15.5 Å². The van der Waals surface area contributed by atoms with Crippen molar-refractivity contribution in [3.05, 3.63) is 11.7 Å². The fourth-order valence-corrected chi connectivity index (χ4v) is 2.61. The molecule has 0 spiro atoms. The third-order valence-corrected chi connectivity index (χ3v) is 3.69. The van der Waals surface area contributed by atoms with Crippen LogP contribution < -0.4 is 5.32 Å². The van der Waals surface area contributed by atoms with Gasteiger partial charge in [0.2, 0.25) is 5.89 Å². The lowest BCUT2D eigenvalue weighted by Gasteiger charge is -2.17. The Labute approximate surface area is 101 Å². The zero-order valence-electron chi connectivity index (χ0n) is 10.0. The Morgan fingerprint density at radius 3 is 2.88 bits per heavy atom. The molecule has 3 heterocycles. The largest absolute Gasteiger partial charge is 0.381 e. The van der Waals surface area contributed by atoms with Gasteiger partial charge >= 0.3 is 0 Å². The summed E-state index contributed by atoms with van der Waals surface area (Å²) in [5, 5.41) is 7.46. The van der Waals surface area contributed by atoms with Crippen LogP contribution in [0, 0.1) is 5.92 Å². The Kier molecular flexibility index (Phi) is 3.38. The molecule has 2 aliphatic heterocycles. The summed E-state index contributed by atoms with van der Waals surface area (Å²) in [6.45, 7) is 3.83. The monoisotopic (exact) mass is 237 g/mol. The van der Waals surface area contributed by atoms with Gasteiger partial charge in [-0.05, 0) is 38.3 Å². The highest BCUT2D eigenvalue weighted by Crippen LogP contribution is 2.25. The van der Waals surface area contributed by atoms with Gasteiger partial charge in [-0.15, -0.1) is 0 Å². The fourth-order valence-electron chi connectivity index (χ4n) is 2.61. The van der Waals surface area contributed by atoms with E-state index in [1.807, 2.05) is 0 Å². The minimum atomic E-state index is 0.409. The molecule has 2 saturated heterocycles. The minimum absolute atomic E-state index is 0.409. The Balaban J connectivity index is 1.60. The first-order valence-corrected chi connectivity index (χ1v) is 6.53. The van der Waals surface area contributed by atoms with E-state index in [1.165, 1.54) is 6.42 Å². The van der Waals surface area contributed by atoms with Crippen molar-refractivity contribution in [1.29, 1.82) is 0 Å². The molecule has 5 nitrogen and oxygen atoms in total. The average molecular weight is 237 g/mol. The van der Waals surface area contributed by atoms with Gasteiger partial charge in [0.15, 0.2) is 5.82 Å². The summed E-state index contributed by atoms with van der Waals surface area (Å²) in [6.07, 6.45) is 4.18. The molecule has 0 aliphatic carbocycles. The highest BCUT2D eigenvalue weighted by molar-refractivity contribution is 4.96. The van der Waals surface area contributed by atoms with Gasteiger partial charge in [-0.2, -0.15) is 4.98 Å². The molecule has 2 fully saturated rings. The number of nitrogens with zero attached hydrogens (tertiary/aromatic N) is 2. The van der Waals surface area contributed by atoms with Crippen LogP contribution in [-0.2, 0) is 11.2 Å². The van der Waals surface area contributed by atoms with Gasteiger partial charge in [0.05, 0.1) is 0 Å². The summed E-state index contributed by atoms with van der Waals surface area (Å²) < 4.78 is 10.7. The first kappa shape index (κ1) is 11.2. The maximum Gasteiger partial charge on any atom is 0.229 e. The fraction of sp³-hybridized carbons (Fsp3) is 0.833. The van der Waals surface area contributed by atoms with Crippen LogP contribution >= 0.6 is 0 Å². The molecular formula is C12H19N3O2. The third kappa shape index (κ3) is 2.66. The van der Waals surface area contributed by atoms with E-state index in [1.54, 1.807) is 0 Å². The number of hydrogen-bond acceptors (Lipinski definition) is 5. The quantitative estimate of drug-likeness (QED) is 0.853. The van der Waals surface area contributed by atoms with Gasteiger partial charge in [-0.25, -0.2) is 0 Å². The van der Waals surface area contributed by atoms with Crippen LogP contribution in [-0.4, -0.2) is 36.4 Å². The molecule has 0 aromatic carbocycles. The van der Waals surface area contributed by atoms with Crippen LogP contribution in [0.3, 0.4) is 0 Å². The Bertz CT molecular complexity index is 354. The van der Waals surface area contributed by atoms with Crippen LogP contribution in [0.4, 0.5) is 0 Å². The lowest BCUT2D eigenvalue weighted by molar-refractivity contribution is 0.0778. The molecule has 0 bridgehead atoms. The molecule has 0 unspecified atom stereocenters. The standard InChI is InChI=1S/C12H19N3O2/c1-4-13-8-9(1)7-11-14-12(17-15-11)10-2-5-16-6-3-10/h9-10,13H,1-8H2/t9-/m1/s1. The van der Waals surface area contributed by atoms with Crippen LogP contribution in [0.5, 0.6) is 0 Å². The lowest BCUT2D eigenvalue weighted by Crippen LogP contribution is -2.14. The molecular weight excluding hydrogens is 218 g/mol. The minimum Gasteiger partial charge on any atom is -0.381 e. The molecule has 5 heteroatoms. The van der Waals surface area contributed by atoms with Crippen molar-refractivity contribution in [3.8, 4) is 0 Å². The van der Waals surface area contributed by atoms with Gasteiger partial charge in [0, 0.05) is 25.6 Å². The van der Waals surface area contributed by atoms with E-state index >= 15 is 0 Å². The molecule has 0 amide bonds. The van der Waals surface area contributed by atoms with Crippen molar-refractivity contribution >= 4 is 0 Å². The average Bonchev–Trinajstić information content (AvgIpc) is 3.02. The number of ether oxygens (including phenoxy) is 1. The highest BCUT2D eigenvalue weighted by Gasteiger charge is 2.23. The topological polar surface area (TPSA) is 60.2 Å². The summed E-state index contributed by atoms with van der Waals surface area (Å²) in [4.78, 5) is 4.54. The summed E-state index contributed by atoms with van der Waals surface area (Å²) in [7, 11) is 0. The van der Waals surface area contributed by atoms with Crippen LogP contribution in [0.25, 0.3) is 0 Å². The summed E-state index contributed by atoms with van der Waals surface area (Å²) in [5.74, 6) is 2.77. The third-order valence-electron chi connectivity index (χ3n) is 3.69. The lowest BCUT2D eigenvalue weighted by atomic mass is 10.0. The van der Waals surface area contributed by atoms with Crippen molar-refractivity contribution in [2.75, 3.05) is 26.3 Å². The van der Waals surface area contributed by atoms with Crippen molar-refractivity contribution in [2.45, 2.75) is 31.6 Å². The van der Waals surface area contributed by atoms with Crippen molar-refractivity contribution in [2.24, 2.45) is 5.92 Å². The van der Waals surface area contributed by atoms with Crippen molar-refractivity contribution in [3.63, 3.8) is 0 Å². The van der Waals surface area contributed by atoms with E-state index in [0.717, 1.165) is 57.3 Å². The van der Waals surface area contributed by atoms with Crippen molar-refractivity contribution < 1.29 is 9.26 Å². The predicted molar refractivity (Wildman–Crippen MR) is 61.8 cm³/mol. The number of hydrogen-bond donors (Lipinski definition) is 1. The molecule has 0 radical (unpaired) electrons. The second-order valence-electron chi connectivity index (χ2n) is 5.00. The molecule has 1 aromatic rings. The van der Waals surface area contributed by atoms with Crippen molar-refractivity contribution in [1.82, 2.24) is 15.5 Å². The second-order valence-corrected chi connectivity index (χ2v) is 5.00. The molecule has 94 valence electrons. The molecule has 17 heavy (non-hydrogen) atoms. The molecule has 2 aliphatic rings. The van der Waals surface area contributed by atoms with Crippen LogP contribution in [0.2, 0.25) is 0 Å². The first-order chi connectivity index (χ1) is 8.42. The summed E-state index contributed by atoms with van der Waals surface area (Å²) in [6, 6.07) is 0. The van der Waals surface area contributed by atoms with Gasteiger partial charge in [-0.3, -0.25) is 0 Å². The molecule has 1 aromatic heterocycles. The molecule has 1 atom stereocenters. The zero-order valence-corrected chi connectivity index (χ0v) is 10.0. The Morgan fingerprint density at radius 2 is 2.12 bits per heavy atom. The zero-order chi connectivity index (χ0) is 11.5. The maximum absolute atomic E-state index is 5.38. The number of rotatable bonds is 3. The van der Waals surface area contributed by atoms with E-state index in [9.17, 15) is 0 Å². The van der Waals surface area contributed by atoms with E-state index < -0.39 is 0 Å².